The summed E-state index contributed by atoms with van der Waals surface area (Å²) in [5.41, 5.74) is 0.996. The van der Waals surface area contributed by atoms with Crippen molar-refractivity contribution in [2.24, 2.45) is 0 Å². The second kappa shape index (κ2) is 6.54. The Kier molecular flexibility index (Phi) is 5.01. The standard InChI is InChI=1S/C13H11Br2NO2S/c14-10-2-1-3-11(15)13(10)16-7-9-5-4-8(19-9)6-12(17)18/h1-5,16H,6-7H2,(H,17,18). The van der Waals surface area contributed by atoms with Crippen LogP contribution in [-0.4, -0.2) is 11.1 Å². The van der Waals surface area contributed by atoms with Crippen molar-refractivity contribution >= 4 is 54.9 Å². The summed E-state index contributed by atoms with van der Waals surface area (Å²) in [6, 6.07) is 9.72. The fourth-order valence-corrected chi connectivity index (χ4v) is 3.83. The Morgan fingerprint density at radius 3 is 2.42 bits per heavy atom. The number of anilines is 1. The summed E-state index contributed by atoms with van der Waals surface area (Å²) in [7, 11) is 0. The number of aliphatic carboxylic acids is 1. The Labute approximate surface area is 131 Å². The number of carboxylic acid groups (broad SMARTS) is 1. The molecule has 0 aliphatic rings. The van der Waals surface area contributed by atoms with Crippen molar-refractivity contribution in [3.63, 3.8) is 0 Å². The molecule has 0 saturated heterocycles. The molecule has 2 aromatic rings. The molecular formula is C13H11Br2NO2S. The van der Waals surface area contributed by atoms with Gasteiger partial charge in [0, 0.05) is 25.2 Å². The molecule has 6 heteroatoms. The summed E-state index contributed by atoms with van der Waals surface area (Å²) in [4.78, 5) is 12.6. The molecule has 1 aromatic carbocycles. The number of hydrogen-bond acceptors (Lipinski definition) is 3. The zero-order chi connectivity index (χ0) is 13.8. The van der Waals surface area contributed by atoms with Crippen LogP contribution in [0.1, 0.15) is 9.75 Å². The predicted molar refractivity (Wildman–Crippen MR) is 84.8 cm³/mol. The van der Waals surface area contributed by atoms with Crippen LogP contribution < -0.4 is 5.32 Å². The summed E-state index contributed by atoms with van der Waals surface area (Å²) >= 11 is 8.50. The fraction of sp³-hybridized carbons (Fsp3) is 0.154. The maximum atomic E-state index is 10.6. The number of nitrogens with one attached hydrogen (secondary N) is 1. The zero-order valence-electron chi connectivity index (χ0n) is 9.82. The predicted octanol–water partition coefficient (Wildman–Crippen LogP) is 4.51. The molecule has 0 bridgehead atoms. The Balaban J connectivity index is 2.02. The van der Waals surface area contributed by atoms with Gasteiger partial charge in [-0.1, -0.05) is 6.07 Å². The summed E-state index contributed by atoms with van der Waals surface area (Å²) in [5, 5.41) is 12.1. The molecule has 1 aromatic heterocycles. The first kappa shape index (κ1) is 14.6. The molecule has 100 valence electrons. The average Bonchev–Trinajstić information content (AvgIpc) is 2.75. The van der Waals surface area contributed by atoms with Crippen molar-refractivity contribution in [1.29, 1.82) is 0 Å². The van der Waals surface area contributed by atoms with Crippen molar-refractivity contribution in [2.45, 2.75) is 13.0 Å². The van der Waals surface area contributed by atoms with Gasteiger partial charge in [0.1, 0.15) is 0 Å². The van der Waals surface area contributed by atoms with E-state index in [1.807, 2.05) is 30.3 Å². The Morgan fingerprint density at radius 2 is 1.79 bits per heavy atom. The highest BCUT2D eigenvalue weighted by atomic mass is 79.9. The van der Waals surface area contributed by atoms with E-state index in [1.54, 1.807) is 0 Å². The molecule has 0 aliphatic heterocycles. The lowest BCUT2D eigenvalue weighted by Gasteiger charge is -2.09. The van der Waals surface area contributed by atoms with Gasteiger partial charge >= 0.3 is 5.97 Å². The molecule has 0 amide bonds. The number of benzene rings is 1. The number of thiophene rings is 1. The van der Waals surface area contributed by atoms with Gasteiger partial charge in [0.05, 0.1) is 12.1 Å². The van der Waals surface area contributed by atoms with Crippen LogP contribution >= 0.6 is 43.2 Å². The second-order valence-corrected chi connectivity index (χ2v) is 6.85. The van der Waals surface area contributed by atoms with E-state index in [-0.39, 0.29) is 6.42 Å². The maximum Gasteiger partial charge on any atom is 0.308 e. The van der Waals surface area contributed by atoms with Crippen LogP contribution in [-0.2, 0) is 17.8 Å². The fourth-order valence-electron chi connectivity index (χ4n) is 1.60. The van der Waals surface area contributed by atoms with E-state index in [1.165, 1.54) is 11.3 Å². The molecule has 2 rings (SSSR count). The third-order valence-corrected chi connectivity index (χ3v) is 4.85. The molecule has 0 fully saturated rings. The molecule has 0 radical (unpaired) electrons. The topological polar surface area (TPSA) is 49.3 Å². The lowest BCUT2D eigenvalue weighted by Crippen LogP contribution is -1.99. The Hall–Kier alpha value is -0.850. The van der Waals surface area contributed by atoms with Crippen molar-refractivity contribution in [3.05, 3.63) is 49.0 Å². The minimum absolute atomic E-state index is 0.0867. The minimum atomic E-state index is -0.796. The van der Waals surface area contributed by atoms with E-state index in [0.717, 1.165) is 24.4 Å². The van der Waals surface area contributed by atoms with E-state index in [2.05, 4.69) is 37.2 Å². The number of hydrogen-bond donors (Lipinski definition) is 2. The minimum Gasteiger partial charge on any atom is -0.481 e. The number of para-hydroxylation sites is 1. The third kappa shape index (κ3) is 4.06. The van der Waals surface area contributed by atoms with Gasteiger partial charge < -0.3 is 10.4 Å². The molecule has 0 atom stereocenters. The number of carbonyl (C=O) groups is 1. The van der Waals surface area contributed by atoms with Crippen LogP contribution in [0.2, 0.25) is 0 Å². The van der Waals surface area contributed by atoms with Crippen molar-refractivity contribution in [1.82, 2.24) is 0 Å². The molecule has 3 nitrogen and oxygen atoms in total. The quantitative estimate of drug-likeness (QED) is 0.770. The highest BCUT2D eigenvalue weighted by Crippen LogP contribution is 2.31. The van der Waals surface area contributed by atoms with Gasteiger partial charge in [-0.05, 0) is 56.1 Å². The van der Waals surface area contributed by atoms with Gasteiger partial charge in [-0.25, -0.2) is 0 Å². The van der Waals surface area contributed by atoms with E-state index in [0.29, 0.717) is 6.54 Å². The molecule has 19 heavy (non-hydrogen) atoms. The first-order valence-electron chi connectivity index (χ1n) is 5.53. The first-order valence-corrected chi connectivity index (χ1v) is 7.94. The SMILES string of the molecule is O=C(O)Cc1ccc(CNc2c(Br)cccc2Br)s1. The van der Waals surface area contributed by atoms with E-state index in [9.17, 15) is 4.79 Å². The van der Waals surface area contributed by atoms with Crippen molar-refractivity contribution < 1.29 is 9.90 Å². The van der Waals surface area contributed by atoms with Crippen molar-refractivity contribution in [3.8, 4) is 0 Å². The van der Waals surface area contributed by atoms with Crippen LogP contribution in [0.25, 0.3) is 0 Å². The normalized spacial score (nSPS) is 10.4. The maximum absolute atomic E-state index is 10.6. The van der Waals surface area contributed by atoms with Gasteiger partial charge in [0.2, 0.25) is 0 Å². The lowest BCUT2D eigenvalue weighted by molar-refractivity contribution is -0.136. The van der Waals surface area contributed by atoms with Crippen LogP contribution in [0.4, 0.5) is 5.69 Å². The summed E-state index contributed by atoms with van der Waals surface area (Å²) in [6.07, 6.45) is 0.0867. The number of carboxylic acids is 1. The highest BCUT2D eigenvalue weighted by molar-refractivity contribution is 9.11. The van der Waals surface area contributed by atoms with Crippen molar-refractivity contribution in [2.75, 3.05) is 5.32 Å². The smallest absolute Gasteiger partial charge is 0.308 e. The van der Waals surface area contributed by atoms with Crippen LogP contribution in [0, 0.1) is 0 Å². The van der Waals surface area contributed by atoms with E-state index < -0.39 is 5.97 Å². The van der Waals surface area contributed by atoms with E-state index in [4.69, 9.17) is 5.11 Å². The van der Waals surface area contributed by atoms with Crippen LogP contribution in [0.3, 0.4) is 0 Å². The van der Waals surface area contributed by atoms with Gasteiger partial charge in [-0.15, -0.1) is 11.3 Å². The Morgan fingerprint density at radius 1 is 1.16 bits per heavy atom. The Bertz CT molecular complexity index is 578. The van der Waals surface area contributed by atoms with E-state index >= 15 is 0 Å². The molecule has 0 aliphatic carbocycles. The van der Waals surface area contributed by atoms with Gasteiger partial charge in [0.25, 0.3) is 0 Å². The monoisotopic (exact) mass is 403 g/mol. The van der Waals surface area contributed by atoms with Crippen LogP contribution in [0.5, 0.6) is 0 Å². The average molecular weight is 405 g/mol. The number of rotatable bonds is 5. The molecule has 2 N–H and O–H groups in total. The number of halogens is 2. The summed E-state index contributed by atoms with van der Waals surface area (Å²) in [5.74, 6) is -0.796. The highest BCUT2D eigenvalue weighted by Gasteiger charge is 2.07. The molecule has 0 saturated carbocycles. The lowest BCUT2D eigenvalue weighted by atomic mass is 10.3. The van der Waals surface area contributed by atoms with Crippen LogP contribution in [0.15, 0.2) is 39.3 Å². The van der Waals surface area contributed by atoms with Gasteiger partial charge in [-0.2, -0.15) is 0 Å². The third-order valence-electron chi connectivity index (χ3n) is 2.44. The van der Waals surface area contributed by atoms with Gasteiger partial charge in [0.15, 0.2) is 0 Å². The molecular weight excluding hydrogens is 394 g/mol. The molecule has 1 heterocycles. The summed E-state index contributed by atoms with van der Waals surface area (Å²) in [6.45, 7) is 0.672. The first-order chi connectivity index (χ1) is 9.06. The molecule has 0 spiro atoms. The zero-order valence-corrected chi connectivity index (χ0v) is 13.8. The largest absolute Gasteiger partial charge is 0.481 e. The molecule has 0 unspecified atom stereocenters. The van der Waals surface area contributed by atoms with Gasteiger partial charge in [-0.3, -0.25) is 4.79 Å². The second-order valence-electron chi connectivity index (χ2n) is 3.89. The summed E-state index contributed by atoms with van der Waals surface area (Å²) < 4.78 is 1.98.